The maximum Gasteiger partial charge on any atom is 0.0588 e. The minimum Gasteiger partial charge on any atom is -0.309 e. The van der Waals surface area contributed by atoms with Crippen LogP contribution in [0, 0.1) is 17.8 Å². The number of hydrogen-bond donors (Lipinski definition) is 0. The fraction of sp³-hybridized carbons (Fsp3) is 0.208. The van der Waals surface area contributed by atoms with Crippen LogP contribution >= 0.6 is 0 Å². The summed E-state index contributed by atoms with van der Waals surface area (Å²) in [5, 5.41) is 7.89. The van der Waals surface area contributed by atoms with Crippen molar-refractivity contribution in [3.05, 3.63) is 151 Å². The maximum absolute atomic E-state index is 2.66. The molecule has 49 heavy (non-hydrogen) atoms. The summed E-state index contributed by atoms with van der Waals surface area (Å²) in [6.45, 7) is 2.52. The van der Waals surface area contributed by atoms with Gasteiger partial charge >= 0.3 is 0 Å². The van der Waals surface area contributed by atoms with Gasteiger partial charge in [-0.2, -0.15) is 0 Å². The van der Waals surface area contributed by atoms with Crippen molar-refractivity contribution in [1.29, 1.82) is 0 Å². The zero-order valence-electron chi connectivity index (χ0n) is 28.0. The third kappa shape index (κ3) is 3.88. The van der Waals surface area contributed by atoms with Crippen LogP contribution in [0.3, 0.4) is 0 Å². The molecule has 0 N–H and O–H groups in total. The van der Waals surface area contributed by atoms with Crippen molar-refractivity contribution in [1.82, 2.24) is 4.57 Å². The maximum atomic E-state index is 2.66. The van der Waals surface area contributed by atoms with Crippen molar-refractivity contribution in [3.8, 4) is 27.9 Å². The van der Waals surface area contributed by atoms with E-state index in [1.807, 2.05) is 0 Å². The molecule has 1 heterocycles. The normalized spacial score (nSPS) is 22.7. The van der Waals surface area contributed by atoms with Crippen LogP contribution in [-0.4, -0.2) is 4.57 Å². The lowest BCUT2D eigenvalue weighted by molar-refractivity contribution is 0.0861. The second-order valence-corrected chi connectivity index (χ2v) is 15.5. The number of fused-ring (bicyclic) bond motifs is 14. The topological polar surface area (TPSA) is 4.93 Å². The molecule has 1 spiro atoms. The molecule has 0 saturated heterocycles. The Morgan fingerprint density at radius 1 is 0.571 bits per heavy atom. The summed E-state index contributed by atoms with van der Waals surface area (Å²) in [5.74, 6) is 2.32. The zero-order chi connectivity index (χ0) is 32.3. The molecule has 1 heteroatoms. The molecule has 0 radical (unpaired) electrons. The van der Waals surface area contributed by atoms with Crippen LogP contribution in [-0.2, 0) is 5.41 Å². The molecule has 2 saturated carbocycles. The fourth-order valence-corrected chi connectivity index (χ4v) is 10.9. The monoisotopic (exact) mass is 629 g/mol. The highest BCUT2D eigenvalue weighted by Gasteiger charge is 2.54. The van der Waals surface area contributed by atoms with Gasteiger partial charge in [-0.25, -0.2) is 0 Å². The van der Waals surface area contributed by atoms with E-state index in [2.05, 4.69) is 151 Å². The van der Waals surface area contributed by atoms with Gasteiger partial charge in [-0.1, -0.05) is 116 Å². The van der Waals surface area contributed by atoms with Gasteiger partial charge < -0.3 is 4.57 Å². The van der Waals surface area contributed by atoms with Crippen molar-refractivity contribution in [3.63, 3.8) is 0 Å². The average molecular weight is 630 g/mol. The van der Waals surface area contributed by atoms with E-state index in [1.54, 1.807) is 11.1 Å². The molecule has 3 aliphatic carbocycles. The lowest BCUT2D eigenvalue weighted by Gasteiger charge is -2.51. The number of benzene rings is 7. The summed E-state index contributed by atoms with van der Waals surface area (Å²) in [6, 6.07) is 53.1. The van der Waals surface area contributed by atoms with E-state index in [1.165, 1.54) is 103 Å². The molecule has 1 aromatic heterocycles. The van der Waals surface area contributed by atoms with Crippen LogP contribution in [0.4, 0.5) is 0 Å². The lowest BCUT2D eigenvalue weighted by Crippen LogP contribution is -2.44. The van der Waals surface area contributed by atoms with Gasteiger partial charge in [-0.3, -0.25) is 0 Å². The first kappa shape index (κ1) is 27.8. The van der Waals surface area contributed by atoms with E-state index in [4.69, 9.17) is 0 Å². The molecular weight excluding hydrogens is 591 g/mol. The average Bonchev–Trinajstić information content (AvgIpc) is 3.62. The Morgan fingerprint density at radius 2 is 1.37 bits per heavy atom. The largest absolute Gasteiger partial charge is 0.309 e. The minimum absolute atomic E-state index is 0.0412. The SMILES string of the molecule is CC1CC2CCC3(c4ccccc4-c4ccc5c6cc7ccccc7cc6n(-c6ccc7ccc(-c8ccccc8)cc7c6)c5c43)C(C1)C2. The van der Waals surface area contributed by atoms with Crippen LogP contribution in [0.5, 0.6) is 0 Å². The number of nitrogens with zero attached hydrogens (tertiary/aromatic N) is 1. The molecule has 4 atom stereocenters. The summed E-state index contributed by atoms with van der Waals surface area (Å²) in [7, 11) is 0. The molecule has 8 aromatic rings. The van der Waals surface area contributed by atoms with Gasteiger partial charge in [0, 0.05) is 21.9 Å². The molecule has 11 rings (SSSR count). The lowest BCUT2D eigenvalue weighted by atomic mass is 9.53. The highest BCUT2D eigenvalue weighted by Crippen LogP contribution is 2.64. The summed E-state index contributed by atoms with van der Waals surface area (Å²) in [6.07, 6.45) is 6.66. The molecule has 2 bridgehead atoms. The van der Waals surface area contributed by atoms with Gasteiger partial charge in [0.05, 0.1) is 11.0 Å². The van der Waals surface area contributed by atoms with E-state index in [9.17, 15) is 0 Å². The van der Waals surface area contributed by atoms with Crippen molar-refractivity contribution in [2.24, 2.45) is 17.8 Å². The Kier molecular flexibility index (Phi) is 5.77. The summed E-state index contributed by atoms with van der Waals surface area (Å²) >= 11 is 0. The predicted octanol–water partition coefficient (Wildman–Crippen LogP) is 12.9. The molecule has 3 aliphatic rings. The highest BCUT2D eigenvalue weighted by molar-refractivity contribution is 6.16. The van der Waals surface area contributed by atoms with Crippen LogP contribution in [0.15, 0.2) is 140 Å². The Labute approximate surface area is 287 Å². The molecular formula is C48H39N. The third-order valence-electron chi connectivity index (χ3n) is 12.8. The summed E-state index contributed by atoms with van der Waals surface area (Å²) in [4.78, 5) is 0. The Bertz CT molecular complexity index is 2620. The van der Waals surface area contributed by atoms with Crippen LogP contribution < -0.4 is 0 Å². The van der Waals surface area contributed by atoms with Gasteiger partial charge in [0.2, 0.25) is 0 Å². The van der Waals surface area contributed by atoms with E-state index in [-0.39, 0.29) is 5.41 Å². The molecule has 4 unspecified atom stereocenters. The Balaban J connectivity index is 1.26. The van der Waals surface area contributed by atoms with Gasteiger partial charge in [-0.05, 0) is 135 Å². The van der Waals surface area contributed by atoms with E-state index in [0.29, 0.717) is 5.92 Å². The first-order chi connectivity index (χ1) is 24.2. The third-order valence-corrected chi connectivity index (χ3v) is 12.8. The van der Waals surface area contributed by atoms with Gasteiger partial charge in [0.1, 0.15) is 0 Å². The number of hydrogen-bond acceptors (Lipinski definition) is 0. The molecule has 0 aliphatic heterocycles. The minimum atomic E-state index is 0.0412. The van der Waals surface area contributed by atoms with Crippen LogP contribution in [0.1, 0.15) is 50.2 Å². The molecule has 0 amide bonds. The molecule has 1 nitrogen and oxygen atoms in total. The molecule has 2 fully saturated rings. The second-order valence-electron chi connectivity index (χ2n) is 15.5. The van der Waals surface area contributed by atoms with E-state index < -0.39 is 0 Å². The quantitative estimate of drug-likeness (QED) is 0.179. The van der Waals surface area contributed by atoms with Gasteiger partial charge in [0.15, 0.2) is 0 Å². The van der Waals surface area contributed by atoms with Crippen LogP contribution in [0.2, 0.25) is 0 Å². The number of aromatic nitrogens is 1. The Hall–Kier alpha value is -5.14. The smallest absolute Gasteiger partial charge is 0.0588 e. The highest BCUT2D eigenvalue weighted by atomic mass is 15.0. The number of rotatable bonds is 2. The zero-order valence-corrected chi connectivity index (χ0v) is 28.0. The van der Waals surface area contributed by atoms with Crippen molar-refractivity contribution >= 4 is 43.4 Å². The second kappa shape index (κ2) is 10.2. The van der Waals surface area contributed by atoms with Crippen LogP contribution in [0.25, 0.3) is 71.3 Å². The van der Waals surface area contributed by atoms with Crippen molar-refractivity contribution in [2.75, 3.05) is 0 Å². The fourth-order valence-electron chi connectivity index (χ4n) is 10.9. The predicted molar refractivity (Wildman–Crippen MR) is 207 cm³/mol. The van der Waals surface area contributed by atoms with Gasteiger partial charge in [-0.15, -0.1) is 0 Å². The van der Waals surface area contributed by atoms with Gasteiger partial charge in [0.25, 0.3) is 0 Å². The summed E-state index contributed by atoms with van der Waals surface area (Å²) in [5.41, 5.74) is 12.6. The molecule has 7 aromatic carbocycles. The summed E-state index contributed by atoms with van der Waals surface area (Å²) < 4.78 is 2.66. The van der Waals surface area contributed by atoms with Crippen molar-refractivity contribution in [2.45, 2.75) is 44.4 Å². The first-order valence-corrected chi connectivity index (χ1v) is 18.4. The van der Waals surface area contributed by atoms with E-state index in [0.717, 1.165) is 11.8 Å². The Morgan fingerprint density at radius 3 is 2.27 bits per heavy atom. The van der Waals surface area contributed by atoms with Crippen molar-refractivity contribution < 1.29 is 0 Å². The molecule has 236 valence electrons. The standard InChI is InChI=1S/C48H39N/c1-30-23-31-21-22-48(38(24-30)25-31)44-14-8-7-13-40(44)41-19-20-42-43-28-34-11-5-6-12-35(34)29-45(43)49(47(42)46(41)48)39-18-17-33-15-16-36(26-37(33)27-39)32-9-3-2-4-10-32/h2-20,26-31,38H,21-25H2,1H3. The van der Waals surface area contributed by atoms with E-state index >= 15 is 0 Å². The first-order valence-electron chi connectivity index (χ1n) is 18.4.